The SMILES string of the molecule is CCc1c(N)ncnc1NCCN(C)CCOC. The summed E-state index contributed by atoms with van der Waals surface area (Å²) in [6, 6.07) is 0. The number of nitrogens with one attached hydrogen (secondary N) is 1. The number of nitrogens with zero attached hydrogens (tertiary/aromatic N) is 3. The fourth-order valence-electron chi connectivity index (χ4n) is 1.65. The van der Waals surface area contributed by atoms with Gasteiger partial charge in [0.25, 0.3) is 0 Å². The molecule has 1 heterocycles. The number of likely N-dealkylation sites (N-methyl/N-ethyl adjacent to an activating group) is 1. The van der Waals surface area contributed by atoms with Crippen LogP contribution in [0.2, 0.25) is 0 Å². The quantitative estimate of drug-likeness (QED) is 0.707. The largest absolute Gasteiger partial charge is 0.383 e. The number of hydrogen-bond donors (Lipinski definition) is 2. The molecule has 0 atom stereocenters. The average molecular weight is 253 g/mol. The van der Waals surface area contributed by atoms with Gasteiger partial charge in [0.05, 0.1) is 6.61 Å². The van der Waals surface area contributed by atoms with Crippen molar-refractivity contribution in [2.24, 2.45) is 0 Å². The zero-order chi connectivity index (χ0) is 13.4. The Morgan fingerprint density at radius 1 is 1.39 bits per heavy atom. The highest BCUT2D eigenvalue weighted by Gasteiger charge is 2.06. The second-order valence-corrected chi connectivity index (χ2v) is 4.16. The lowest BCUT2D eigenvalue weighted by Gasteiger charge is -2.17. The summed E-state index contributed by atoms with van der Waals surface area (Å²) < 4.78 is 5.03. The van der Waals surface area contributed by atoms with E-state index in [1.807, 2.05) is 6.92 Å². The van der Waals surface area contributed by atoms with E-state index in [4.69, 9.17) is 10.5 Å². The van der Waals surface area contributed by atoms with Gasteiger partial charge in [-0.2, -0.15) is 0 Å². The summed E-state index contributed by atoms with van der Waals surface area (Å²) in [6.45, 7) is 5.47. The van der Waals surface area contributed by atoms with E-state index in [-0.39, 0.29) is 0 Å². The Balaban J connectivity index is 2.41. The summed E-state index contributed by atoms with van der Waals surface area (Å²) in [6.07, 6.45) is 2.32. The molecule has 0 aliphatic heterocycles. The fraction of sp³-hybridized carbons (Fsp3) is 0.667. The first-order valence-electron chi connectivity index (χ1n) is 6.19. The van der Waals surface area contributed by atoms with Crippen LogP contribution in [0.4, 0.5) is 11.6 Å². The first kappa shape index (κ1) is 14.7. The van der Waals surface area contributed by atoms with Crippen molar-refractivity contribution in [3.63, 3.8) is 0 Å². The van der Waals surface area contributed by atoms with E-state index in [1.54, 1.807) is 7.11 Å². The standard InChI is InChI=1S/C12H23N5O/c1-4-10-11(13)15-9-16-12(10)14-5-6-17(2)7-8-18-3/h9H,4-8H2,1-3H3,(H3,13,14,15,16). The van der Waals surface area contributed by atoms with Gasteiger partial charge in [-0.05, 0) is 13.5 Å². The molecule has 0 spiro atoms. The highest BCUT2D eigenvalue weighted by molar-refractivity contribution is 5.54. The zero-order valence-electron chi connectivity index (χ0n) is 11.4. The van der Waals surface area contributed by atoms with Gasteiger partial charge in [-0.25, -0.2) is 9.97 Å². The topological polar surface area (TPSA) is 76.3 Å². The highest BCUT2D eigenvalue weighted by Crippen LogP contribution is 2.16. The lowest BCUT2D eigenvalue weighted by molar-refractivity contribution is 0.163. The van der Waals surface area contributed by atoms with Crippen LogP contribution in [0.1, 0.15) is 12.5 Å². The van der Waals surface area contributed by atoms with Crippen molar-refractivity contribution in [2.75, 3.05) is 51.4 Å². The minimum absolute atomic E-state index is 0.558. The van der Waals surface area contributed by atoms with E-state index in [0.717, 1.165) is 44.0 Å². The van der Waals surface area contributed by atoms with Gasteiger partial charge in [0, 0.05) is 32.3 Å². The summed E-state index contributed by atoms with van der Waals surface area (Å²) in [7, 11) is 3.78. The van der Waals surface area contributed by atoms with E-state index in [9.17, 15) is 0 Å². The van der Waals surface area contributed by atoms with Crippen LogP contribution in [0.5, 0.6) is 0 Å². The summed E-state index contributed by atoms with van der Waals surface area (Å²) in [5.41, 5.74) is 6.79. The number of anilines is 2. The van der Waals surface area contributed by atoms with Crippen molar-refractivity contribution >= 4 is 11.6 Å². The maximum atomic E-state index is 5.81. The van der Waals surface area contributed by atoms with E-state index >= 15 is 0 Å². The molecule has 0 saturated carbocycles. The van der Waals surface area contributed by atoms with Crippen molar-refractivity contribution in [1.29, 1.82) is 0 Å². The molecule has 6 heteroatoms. The average Bonchev–Trinajstić information content (AvgIpc) is 2.36. The molecule has 18 heavy (non-hydrogen) atoms. The number of rotatable bonds is 8. The van der Waals surface area contributed by atoms with Crippen molar-refractivity contribution < 1.29 is 4.74 Å². The zero-order valence-corrected chi connectivity index (χ0v) is 11.4. The summed E-state index contributed by atoms with van der Waals surface area (Å²) in [5.74, 6) is 1.40. The predicted molar refractivity (Wildman–Crippen MR) is 73.7 cm³/mol. The fourth-order valence-corrected chi connectivity index (χ4v) is 1.65. The Bertz CT molecular complexity index is 358. The van der Waals surface area contributed by atoms with E-state index in [0.29, 0.717) is 5.82 Å². The number of hydrogen-bond acceptors (Lipinski definition) is 6. The van der Waals surface area contributed by atoms with Crippen LogP contribution in [-0.4, -0.2) is 55.3 Å². The van der Waals surface area contributed by atoms with Crippen LogP contribution in [0, 0.1) is 0 Å². The van der Waals surface area contributed by atoms with Crippen LogP contribution in [-0.2, 0) is 11.2 Å². The molecule has 0 saturated heterocycles. The van der Waals surface area contributed by atoms with Crippen molar-refractivity contribution in [3.8, 4) is 0 Å². The lowest BCUT2D eigenvalue weighted by atomic mass is 10.2. The molecule has 3 N–H and O–H groups in total. The molecule has 0 aliphatic rings. The molecule has 0 aromatic carbocycles. The number of nitrogens with two attached hydrogens (primary N) is 1. The van der Waals surface area contributed by atoms with Crippen LogP contribution < -0.4 is 11.1 Å². The molecule has 1 rings (SSSR count). The van der Waals surface area contributed by atoms with Gasteiger partial charge in [-0.1, -0.05) is 6.92 Å². The normalized spacial score (nSPS) is 10.9. The number of aromatic nitrogens is 2. The smallest absolute Gasteiger partial charge is 0.134 e. The molecular formula is C12H23N5O. The van der Waals surface area contributed by atoms with Crippen LogP contribution >= 0.6 is 0 Å². The Labute approximate surface area is 109 Å². The first-order valence-corrected chi connectivity index (χ1v) is 6.19. The minimum Gasteiger partial charge on any atom is -0.383 e. The van der Waals surface area contributed by atoms with Gasteiger partial charge in [-0.15, -0.1) is 0 Å². The summed E-state index contributed by atoms with van der Waals surface area (Å²) >= 11 is 0. The monoisotopic (exact) mass is 253 g/mol. The van der Waals surface area contributed by atoms with Crippen LogP contribution in [0.25, 0.3) is 0 Å². The maximum Gasteiger partial charge on any atom is 0.134 e. The second-order valence-electron chi connectivity index (χ2n) is 4.16. The Hall–Kier alpha value is -1.40. The Morgan fingerprint density at radius 3 is 2.83 bits per heavy atom. The Morgan fingerprint density at radius 2 is 2.17 bits per heavy atom. The van der Waals surface area contributed by atoms with Gasteiger partial charge in [0.1, 0.15) is 18.0 Å². The molecule has 0 fully saturated rings. The summed E-state index contributed by atoms with van der Waals surface area (Å²) in [4.78, 5) is 10.4. The first-order chi connectivity index (χ1) is 8.69. The molecule has 0 aliphatic carbocycles. The van der Waals surface area contributed by atoms with Crippen molar-refractivity contribution in [2.45, 2.75) is 13.3 Å². The van der Waals surface area contributed by atoms with Crippen molar-refractivity contribution in [3.05, 3.63) is 11.9 Å². The third kappa shape index (κ3) is 4.46. The van der Waals surface area contributed by atoms with Crippen LogP contribution in [0.15, 0.2) is 6.33 Å². The molecule has 6 nitrogen and oxygen atoms in total. The summed E-state index contributed by atoms with van der Waals surface area (Å²) in [5, 5.41) is 3.30. The van der Waals surface area contributed by atoms with E-state index in [2.05, 4.69) is 27.2 Å². The van der Waals surface area contributed by atoms with E-state index < -0.39 is 0 Å². The molecule has 1 aromatic rings. The maximum absolute atomic E-state index is 5.81. The molecule has 0 unspecified atom stereocenters. The molecular weight excluding hydrogens is 230 g/mol. The third-order valence-electron chi connectivity index (χ3n) is 2.80. The number of methoxy groups -OCH3 is 1. The predicted octanol–water partition coefficient (Wildman–Crippen LogP) is 0.611. The number of ether oxygens (including phenoxy) is 1. The third-order valence-corrected chi connectivity index (χ3v) is 2.80. The van der Waals surface area contributed by atoms with Gasteiger partial charge in [-0.3, -0.25) is 0 Å². The Kier molecular flexibility index (Phi) is 6.38. The van der Waals surface area contributed by atoms with E-state index in [1.165, 1.54) is 6.33 Å². The molecule has 0 radical (unpaired) electrons. The van der Waals surface area contributed by atoms with Gasteiger partial charge in [0.2, 0.25) is 0 Å². The number of nitrogen functional groups attached to an aromatic ring is 1. The molecule has 1 aromatic heterocycles. The highest BCUT2D eigenvalue weighted by atomic mass is 16.5. The molecule has 0 bridgehead atoms. The van der Waals surface area contributed by atoms with Crippen molar-refractivity contribution in [1.82, 2.24) is 14.9 Å². The van der Waals surface area contributed by atoms with Gasteiger partial charge >= 0.3 is 0 Å². The van der Waals surface area contributed by atoms with Crippen LogP contribution in [0.3, 0.4) is 0 Å². The second kappa shape index (κ2) is 7.84. The van der Waals surface area contributed by atoms with Gasteiger partial charge in [0.15, 0.2) is 0 Å². The lowest BCUT2D eigenvalue weighted by Crippen LogP contribution is -2.28. The minimum atomic E-state index is 0.558. The molecule has 0 amide bonds. The van der Waals surface area contributed by atoms with Gasteiger partial charge < -0.3 is 20.7 Å². The molecule has 102 valence electrons.